The van der Waals surface area contributed by atoms with Crippen molar-refractivity contribution in [1.82, 2.24) is 4.98 Å². The fraction of sp³-hybridized carbons (Fsp3) is 0.130. The number of nitrogens with one attached hydrogen (secondary N) is 1. The number of halogens is 1. The molecule has 0 spiro atoms. The smallest absolute Gasteiger partial charge is 0.204 e. The zero-order valence-corrected chi connectivity index (χ0v) is 18.3. The van der Waals surface area contributed by atoms with Crippen LogP contribution in [0.1, 0.15) is 5.56 Å². The summed E-state index contributed by atoms with van der Waals surface area (Å²) < 4.78 is 18.0. The largest absolute Gasteiger partial charge is 0.497 e. The molecule has 0 atom stereocenters. The van der Waals surface area contributed by atoms with Gasteiger partial charge in [0.05, 0.1) is 23.5 Å². The number of anilines is 1. The zero-order valence-electron chi connectivity index (χ0n) is 16.7. The van der Waals surface area contributed by atoms with Crippen molar-refractivity contribution in [3.05, 3.63) is 77.3 Å². The summed E-state index contributed by atoms with van der Waals surface area (Å²) in [6.07, 6.45) is 1.68. The van der Waals surface area contributed by atoms with Gasteiger partial charge in [0.25, 0.3) is 0 Å². The Hall–Kier alpha value is -3.29. The number of thiazole rings is 1. The number of methoxy groups -OCH3 is 1. The molecule has 0 aliphatic carbocycles. The van der Waals surface area contributed by atoms with Crippen molar-refractivity contribution in [2.24, 2.45) is 5.10 Å². The summed E-state index contributed by atoms with van der Waals surface area (Å²) in [5.41, 5.74) is 4.70. The van der Waals surface area contributed by atoms with E-state index >= 15 is 0 Å². The van der Waals surface area contributed by atoms with Crippen LogP contribution in [0.3, 0.4) is 0 Å². The van der Waals surface area contributed by atoms with E-state index in [1.807, 2.05) is 54.6 Å². The average molecular weight is 454 g/mol. The van der Waals surface area contributed by atoms with Gasteiger partial charge in [-0.1, -0.05) is 35.1 Å². The molecule has 0 amide bonds. The highest BCUT2D eigenvalue weighted by Crippen LogP contribution is 2.26. The van der Waals surface area contributed by atoms with Gasteiger partial charge in [-0.3, -0.25) is 5.43 Å². The predicted octanol–water partition coefficient (Wildman–Crippen LogP) is 5.86. The molecule has 0 aliphatic heterocycles. The Kier molecular flexibility index (Phi) is 6.86. The normalized spacial score (nSPS) is 11.0. The van der Waals surface area contributed by atoms with Crippen molar-refractivity contribution < 1.29 is 14.2 Å². The van der Waals surface area contributed by atoms with Gasteiger partial charge in [0.2, 0.25) is 5.13 Å². The lowest BCUT2D eigenvalue weighted by Gasteiger charge is -2.11. The van der Waals surface area contributed by atoms with E-state index in [-0.39, 0.29) is 0 Å². The molecule has 1 aromatic heterocycles. The third-order valence-electron chi connectivity index (χ3n) is 4.30. The lowest BCUT2D eigenvalue weighted by Crippen LogP contribution is -2.10. The SMILES string of the molecule is COc1ccc(OCCOc2ccc(Cl)cc2)c(/C=N\Nc2nc3ccccc3s2)c1. The Labute approximate surface area is 189 Å². The van der Waals surface area contributed by atoms with Gasteiger partial charge < -0.3 is 14.2 Å². The van der Waals surface area contributed by atoms with Gasteiger partial charge in [-0.05, 0) is 54.6 Å². The van der Waals surface area contributed by atoms with Crippen molar-refractivity contribution in [3.8, 4) is 17.2 Å². The molecule has 0 fully saturated rings. The standard InChI is InChI=1S/C23H20ClN3O3S/c1-28-19-10-11-21(30-13-12-29-18-8-6-17(24)7-9-18)16(14-19)15-25-27-23-26-20-4-2-3-5-22(20)31-23/h2-11,14-15H,12-13H2,1H3,(H,26,27)/b25-15-. The molecule has 4 rings (SSSR count). The Balaban J connectivity index is 1.38. The summed E-state index contributed by atoms with van der Waals surface area (Å²) in [6, 6.07) is 20.7. The molecular weight excluding hydrogens is 434 g/mol. The van der Waals surface area contributed by atoms with E-state index < -0.39 is 0 Å². The van der Waals surface area contributed by atoms with Crippen LogP contribution in [0.4, 0.5) is 5.13 Å². The van der Waals surface area contributed by atoms with Gasteiger partial charge in [0.15, 0.2) is 0 Å². The van der Waals surface area contributed by atoms with Gasteiger partial charge in [-0.25, -0.2) is 4.98 Å². The molecular formula is C23H20ClN3O3S. The number of ether oxygens (including phenoxy) is 3. The molecule has 0 aliphatic rings. The van der Waals surface area contributed by atoms with E-state index in [9.17, 15) is 0 Å². The maximum absolute atomic E-state index is 5.89. The lowest BCUT2D eigenvalue weighted by molar-refractivity contribution is 0.217. The Morgan fingerprint density at radius 2 is 1.77 bits per heavy atom. The van der Waals surface area contributed by atoms with Crippen LogP contribution in [0.5, 0.6) is 17.2 Å². The minimum Gasteiger partial charge on any atom is -0.497 e. The van der Waals surface area contributed by atoms with Crippen LogP contribution in [-0.4, -0.2) is 31.5 Å². The molecule has 0 saturated heterocycles. The van der Waals surface area contributed by atoms with E-state index in [1.54, 1.807) is 36.8 Å². The second-order valence-corrected chi connectivity index (χ2v) is 7.88. The van der Waals surface area contributed by atoms with Gasteiger partial charge >= 0.3 is 0 Å². The van der Waals surface area contributed by atoms with Crippen LogP contribution in [0.15, 0.2) is 71.8 Å². The van der Waals surface area contributed by atoms with Gasteiger partial charge in [0.1, 0.15) is 30.5 Å². The second-order valence-electron chi connectivity index (χ2n) is 6.41. The Morgan fingerprint density at radius 3 is 2.58 bits per heavy atom. The van der Waals surface area contributed by atoms with Crippen molar-refractivity contribution in [2.75, 3.05) is 25.7 Å². The van der Waals surface area contributed by atoms with E-state index in [4.69, 9.17) is 25.8 Å². The van der Waals surface area contributed by atoms with Crippen molar-refractivity contribution in [1.29, 1.82) is 0 Å². The quantitative estimate of drug-likeness (QED) is 0.195. The first-order chi connectivity index (χ1) is 15.2. The summed E-state index contributed by atoms with van der Waals surface area (Å²) in [5, 5.41) is 5.71. The molecule has 158 valence electrons. The number of benzene rings is 3. The third-order valence-corrected chi connectivity index (χ3v) is 5.49. The minimum atomic E-state index is 0.376. The molecule has 0 bridgehead atoms. The maximum atomic E-state index is 5.89. The van der Waals surface area contributed by atoms with Crippen molar-refractivity contribution in [2.45, 2.75) is 0 Å². The van der Waals surface area contributed by atoms with Gasteiger partial charge in [-0.15, -0.1) is 0 Å². The summed E-state index contributed by atoms with van der Waals surface area (Å²) in [6.45, 7) is 0.773. The number of hydrogen-bond acceptors (Lipinski definition) is 7. The first-order valence-electron chi connectivity index (χ1n) is 9.55. The number of rotatable bonds is 9. The first-order valence-corrected chi connectivity index (χ1v) is 10.7. The van der Waals surface area contributed by atoms with Crippen molar-refractivity contribution >= 4 is 44.5 Å². The number of hydrazone groups is 1. The summed E-state index contributed by atoms with van der Waals surface area (Å²) in [7, 11) is 1.62. The summed E-state index contributed by atoms with van der Waals surface area (Å²) in [5.74, 6) is 2.13. The molecule has 8 heteroatoms. The molecule has 6 nitrogen and oxygen atoms in total. The van der Waals surface area contributed by atoms with Crippen LogP contribution in [0.2, 0.25) is 5.02 Å². The number of para-hydroxylation sites is 1. The fourth-order valence-electron chi connectivity index (χ4n) is 2.80. The highest BCUT2D eigenvalue weighted by Gasteiger charge is 2.06. The van der Waals surface area contributed by atoms with E-state index in [0.29, 0.717) is 29.7 Å². The number of fused-ring (bicyclic) bond motifs is 1. The minimum absolute atomic E-state index is 0.376. The number of hydrogen-bond donors (Lipinski definition) is 1. The zero-order chi connectivity index (χ0) is 21.5. The Bertz CT molecular complexity index is 1150. The maximum Gasteiger partial charge on any atom is 0.204 e. The van der Waals surface area contributed by atoms with E-state index in [0.717, 1.165) is 26.7 Å². The predicted molar refractivity (Wildman–Crippen MR) is 126 cm³/mol. The highest BCUT2D eigenvalue weighted by molar-refractivity contribution is 7.22. The summed E-state index contributed by atoms with van der Waals surface area (Å²) in [4.78, 5) is 4.51. The van der Waals surface area contributed by atoms with Gasteiger partial charge in [-0.2, -0.15) is 5.10 Å². The number of aromatic nitrogens is 1. The molecule has 3 aromatic carbocycles. The van der Waals surface area contributed by atoms with Gasteiger partial charge in [0, 0.05) is 10.6 Å². The van der Waals surface area contributed by atoms with Crippen LogP contribution >= 0.6 is 22.9 Å². The molecule has 31 heavy (non-hydrogen) atoms. The third kappa shape index (κ3) is 5.65. The van der Waals surface area contributed by atoms with E-state index in [1.165, 1.54) is 0 Å². The fourth-order valence-corrected chi connectivity index (χ4v) is 3.75. The van der Waals surface area contributed by atoms with Crippen molar-refractivity contribution in [3.63, 3.8) is 0 Å². The number of nitrogens with zero attached hydrogens (tertiary/aromatic N) is 2. The van der Waals surface area contributed by atoms with Crippen LogP contribution in [-0.2, 0) is 0 Å². The first kappa shape index (κ1) is 21.0. The lowest BCUT2D eigenvalue weighted by atomic mass is 10.2. The topological polar surface area (TPSA) is 65.0 Å². The van der Waals surface area contributed by atoms with Crippen LogP contribution in [0, 0.1) is 0 Å². The highest BCUT2D eigenvalue weighted by atomic mass is 35.5. The van der Waals surface area contributed by atoms with Crippen LogP contribution < -0.4 is 19.6 Å². The molecule has 0 unspecified atom stereocenters. The molecule has 0 radical (unpaired) electrons. The average Bonchev–Trinajstić information content (AvgIpc) is 3.21. The molecule has 1 N–H and O–H groups in total. The molecule has 0 saturated carbocycles. The molecule has 1 heterocycles. The van der Waals surface area contributed by atoms with Crippen LogP contribution in [0.25, 0.3) is 10.2 Å². The second kappa shape index (κ2) is 10.1. The Morgan fingerprint density at radius 1 is 1.00 bits per heavy atom. The summed E-state index contributed by atoms with van der Waals surface area (Å²) >= 11 is 7.43. The molecule has 4 aromatic rings. The monoisotopic (exact) mass is 453 g/mol. The van der Waals surface area contributed by atoms with E-state index in [2.05, 4.69) is 15.5 Å².